The minimum Gasteiger partial charge on any atom is -0.398 e. The summed E-state index contributed by atoms with van der Waals surface area (Å²) in [6.07, 6.45) is 0. The van der Waals surface area contributed by atoms with Gasteiger partial charge in [-0.25, -0.2) is 0 Å². The Morgan fingerprint density at radius 2 is 1.81 bits per heavy atom. The topological polar surface area (TPSA) is 60.2 Å². The van der Waals surface area contributed by atoms with E-state index in [1.54, 1.807) is 18.2 Å². The van der Waals surface area contributed by atoms with E-state index in [1.807, 2.05) is 0 Å². The van der Waals surface area contributed by atoms with Crippen molar-refractivity contribution in [2.24, 2.45) is 0 Å². The summed E-state index contributed by atoms with van der Waals surface area (Å²) in [5.74, 6) is 0. The lowest BCUT2D eigenvalue weighted by Gasteiger charge is -2.02. The van der Waals surface area contributed by atoms with Crippen LogP contribution in [0.3, 0.4) is 0 Å². The van der Waals surface area contributed by atoms with Gasteiger partial charge in [-0.3, -0.25) is 0 Å². The van der Waals surface area contributed by atoms with Crippen molar-refractivity contribution in [3.8, 4) is 0 Å². The highest BCUT2D eigenvalue weighted by atomic mass is 35.5. The minimum atomic E-state index is -4.65. The summed E-state index contributed by atoms with van der Waals surface area (Å²) in [6, 6.07) is 9.03. The standard InChI is InChI=1S/C10H8FNO2S.ClH/c11-15(13,14)8-4-5-9-7(6-8)2-1-3-10(9)12;/h1-6H,12H2;1H. The Balaban J connectivity index is 0.00000128. The molecule has 0 aliphatic heterocycles. The van der Waals surface area contributed by atoms with Crippen molar-refractivity contribution in [2.75, 3.05) is 5.73 Å². The molecule has 0 heterocycles. The highest BCUT2D eigenvalue weighted by Crippen LogP contribution is 2.24. The number of halogens is 2. The van der Waals surface area contributed by atoms with Crippen LogP contribution >= 0.6 is 12.4 Å². The lowest BCUT2D eigenvalue weighted by atomic mass is 10.1. The van der Waals surface area contributed by atoms with Crippen molar-refractivity contribution < 1.29 is 12.3 Å². The molecule has 2 aromatic rings. The lowest BCUT2D eigenvalue weighted by Crippen LogP contribution is -1.92. The molecule has 0 spiro atoms. The molecule has 0 atom stereocenters. The Labute approximate surface area is 98.7 Å². The molecular weight excluding hydrogens is 253 g/mol. The van der Waals surface area contributed by atoms with Crippen molar-refractivity contribution >= 4 is 39.1 Å². The van der Waals surface area contributed by atoms with Gasteiger partial charge in [0.05, 0.1) is 4.90 Å². The molecule has 0 unspecified atom stereocenters. The van der Waals surface area contributed by atoms with Gasteiger partial charge < -0.3 is 5.73 Å². The van der Waals surface area contributed by atoms with Crippen molar-refractivity contribution in [1.29, 1.82) is 0 Å². The number of nitrogens with two attached hydrogens (primary N) is 1. The number of anilines is 1. The van der Waals surface area contributed by atoms with Gasteiger partial charge in [0.1, 0.15) is 0 Å². The van der Waals surface area contributed by atoms with Crippen LogP contribution in [0.1, 0.15) is 0 Å². The number of hydrogen-bond acceptors (Lipinski definition) is 3. The molecule has 0 aliphatic rings. The maximum absolute atomic E-state index is 12.7. The average molecular weight is 262 g/mol. The van der Waals surface area contributed by atoms with E-state index in [9.17, 15) is 12.3 Å². The Bertz CT molecular complexity index is 628. The third-order valence-electron chi connectivity index (χ3n) is 2.17. The summed E-state index contributed by atoms with van der Waals surface area (Å²) < 4.78 is 34.0. The van der Waals surface area contributed by atoms with Crippen LogP contribution in [0.4, 0.5) is 9.57 Å². The van der Waals surface area contributed by atoms with Gasteiger partial charge >= 0.3 is 10.2 Å². The summed E-state index contributed by atoms with van der Waals surface area (Å²) in [5, 5.41) is 1.32. The largest absolute Gasteiger partial charge is 0.398 e. The molecule has 2 N–H and O–H groups in total. The van der Waals surface area contributed by atoms with Gasteiger partial charge in [0.15, 0.2) is 0 Å². The summed E-state index contributed by atoms with van der Waals surface area (Å²) in [7, 11) is -4.65. The fraction of sp³-hybridized carbons (Fsp3) is 0. The lowest BCUT2D eigenvalue weighted by molar-refractivity contribution is 0.552. The zero-order valence-electron chi connectivity index (χ0n) is 8.05. The van der Waals surface area contributed by atoms with Crippen LogP contribution < -0.4 is 5.73 Å². The summed E-state index contributed by atoms with van der Waals surface area (Å²) in [5.41, 5.74) is 6.21. The van der Waals surface area contributed by atoms with Crippen molar-refractivity contribution in [2.45, 2.75) is 4.90 Å². The molecule has 0 aromatic heterocycles. The zero-order valence-corrected chi connectivity index (χ0v) is 9.69. The molecule has 0 aliphatic carbocycles. The molecular formula is C10H9ClFNO2S. The molecule has 0 saturated heterocycles. The molecule has 0 fully saturated rings. The monoisotopic (exact) mass is 261 g/mol. The molecule has 3 nitrogen and oxygen atoms in total. The van der Waals surface area contributed by atoms with E-state index >= 15 is 0 Å². The van der Waals surface area contributed by atoms with Crippen molar-refractivity contribution in [3.05, 3.63) is 36.4 Å². The summed E-state index contributed by atoms with van der Waals surface area (Å²) >= 11 is 0. The van der Waals surface area contributed by atoms with Gasteiger partial charge in [0, 0.05) is 11.1 Å². The van der Waals surface area contributed by atoms with Crippen LogP contribution in [-0.4, -0.2) is 8.42 Å². The second kappa shape index (κ2) is 4.27. The molecule has 16 heavy (non-hydrogen) atoms. The van der Waals surface area contributed by atoms with Gasteiger partial charge in [-0.05, 0) is 23.6 Å². The van der Waals surface area contributed by atoms with E-state index in [-0.39, 0.29) is 17.3 Å². The van der Waals surface area contributed by atoms with Gasteiger partial charge in [-0.15, -0.1) is 16.3 Å². The Hall–Kier alpha value is -1.33. The first-order valence-corrected chi connectivity index (χ1v) is 5.60. The summed E-state index contributed by atoms with van der Waals surface area (Å²) in [6.45, 7) is 0. The first kappa shape index (κ1) is 12.7. The molecule has 6 heteroatoms. The summed E-state index contributed by atoms with van der Waals surface area (Å²) in [4.78, 5) is -0.347. The normalized spacial score (nSPS) is 11.1. The fourth-order valence-electron chi connectivity index (χ4n) is 1.44. The van der Waals surface area contributed by atoms with Gasteiger partial charge in [0.2, 0.25) is 0 Å². The van der Waals surface area contributed by atoms with E-state index < -0.39 is 10.2 Å². The van der Waals surface area contributed by atoms with Gasteiger partial charge in [0.25, 0.3) is 0 Å². The van der Waals surface area contributed by atoms with E-state index in [0.29, 0.717) is 16.5 Å². The molecule has 2 aromatic carbocycles. The Kier molecular flexibility index (Phi) is 3.40. The Morgan fingerprint density at radius 3 is 2.44 bits per heavy atom. The second-order valence-corrected chi connectivity index (χ2v) is 4.52. The Morgan fingerprint density at radius 1 is 1.12 bits per heavy atom. The van der Waals surface area contributed by atoms with Crippen LogP contribution in [0.15, 0.2) is 41.3 Å². The molecule has 0 radical (unpaired) electrons. The molecule has 2 rings (SSSR count). The van der Waals surface area contributed by atoms with Crippen LogP contribution in [0.5, 0.6) is 0 Å². The number of fused-ring (bicyclic) bond motifs is 1. The highest BCUT2D eigenvalue weighted by molar-refractivity contribution is 7.86. The maximum atomic E-state index is 12.7. The van der Waals surface area contributed by atoms with E-state index in [4.69, 9.17) is 5.73 Å². The molecule has 86 valence electrons. The fourth-order valence-corrected chi connectivity index (χ4v) is 1.94. The third-order valence-corrected chi connectivity index (χ3v) is 2.98. The van der Waals surface area contributed by atoms with Gasteiger partial charge in [-0.2, -0.15) is 8.42 Å². The highest BCUT2D eigenvalue weighted by Gasteiger charge is 2.12. The molecule has 0 saturated carbocycles. The van der Waals surface area contributed by atoms with Crippen LogP contribution in [0.25, 0.3) is 10.8 Å². The van der Waals surface area contributed by atoms with E-state index in [0.717, 1.165) is 0 Å². The number of nitrogen functional groups attached to an aromatic ring is 1. The number of rotatable bonds is 1. The average Bonchev–Trinajstić information content (AvgIpc) is 2.16. The van der Waals surface area contributed by atoms with Gasteiger partial charge in [-0.1, -0.05) is 18.2 Å². The van der Waals surface area contributed by atoms with Crippen LogP contribution in [0, 0.1) is 0 Å². The smallest absolute Gasteiger partial charge is 0.332 e. The van der Waals surface area contributed by atoms with E-state index in [2.05, 4.69) is 0 Å². The number of hydrogen-bond donors (Lipinski definition) is 1. The zero-order chi connectivity index (χ0) is 11.1. The van der Waals surface area contributed by atoms with Crippen LogP contribution in [0.2, 0.25) is 0 Å². The second-order valence-electron chi connectivity index (χ2n) is 3.17. The van der Waals surface area contributed by atoms with Crippen LogP contribution in [-0.2, 0) is 10.2 Å². The molecule has 0 amide bonds. The first-order valence-electron chi connectivity index (χ1n) is 4.21. The quantitative estimate of drug-likeness (QED) is 0.634. The van der Waals surface area contributed by atoms with Crippen molar-refractivity contribution in [1.82, 2.24) is 0 Å². The third kappa shape index (κ3) is 2.25. The predicted molar refractivity (Wildman–Crippen MR) is 63.9 cm³/mol. The van der Waals surface area contributed by atoms with E-state index in [1.165, 1.54) is 18.2 Å². The minimum absolute atomic E-state index is 0. The SMILES string of the molecule is Cl.Nc1cccc2cc(S(=O)(=O)F)ccc12. The van der Waals surface area contributed by atoms with Crippen molar-refractivity contribution in [3.63, 3.8) is 0 Å². The number of benzene rings is 2. The predicted octanol–water partition coefficient (Wildman–Crippen LogP) is 2.50. The molecule has 0 bridgehead atoms. The maximum Gasteiger partial charge on any atom is 0.332 e. The first-order chi connectivity index (χ1) is 6.98.